The molecule has 0 radical (unpaired) electrons. The molecule has 0 aromatic heterocycles. The first-order valence-corrected chi connectivity index (χ1v) is 4.35. The van der Waals surface area contributed by atoms with Gasteiger partial charge in [0.25, 0.3) is 5.91 Å². The Morgan fingerprint density at radius 1 is 1.54 bits per heavy atom. The highest BCUT2D eigenvalue weighted by molar-refractivity contribution is 5.98. The van der Waals surface area contributed by atoms with Crippen LogP contribution in [-0.4, -0.2) is 12.5 Å². The van der Waals surface area contributed by atoms with Crippen LogP contribution in [0.5, 0.6) is 5.75 Å². The molecule has 1 heterocycles. The summed E-state index contributed by atoms with van der Waals surface area (Å²) < 4.78 is 5.33. The molecule has 1 aromatic carbocycles. The molecular weight excluding hydrogens is 166 g/mol. The van der Waals surface area contributed by atoms with Crippen LogP contribution in [0.4, 0.5) is 0 Å². The number of rotatable bonds is 2. The zero-order chi connectivity index (χ0) is 9.26. The minimum Gasteiger partial charge on any atom is -0.494 e. The van der Waals surface area contributed by atoms with E-state index in [4.69, 9.17) is 4.74 Å². The van der Waals surface area contributed by atoms with Crippen molar-refractivity contribution in [1.82, 2.24) is 5.32 Å². The van der Waals surface area contributed by atoms with Gasteiger partial charge in [-0.3, -0.25) is 4.79 Å². The molecule has 1 N–H and O–H groups in total. The Labute approximate surface area is 76.7 Å². The average molecular weight is 177 g/mol. The number of fused-ring (bicyclic) bond motifs is 1. The first-order valence-electron chi connectivity index (χ1n) is 4.35. The van der Waals surface area contributed by atoms with Crippen LogP contribution < -0.4 is 10.1 Å². The van der Waals surface area contributed by atoms with E-state index in [9.17, 15) is 4.79 Å². The maximum Gasteiger partial charge on any atom is 0.251 e. The van der Waals surface area contributed by atoms with E-state index < -0.39 is 0 Å². The molecule has 0 fully saturated rings. The molecule has 0 unspecified atom stereocenters. The Morgan fingerprint density at radius 2 is 2.38 bits per heavy atom. The Balaban J connectivity index is 2.34. The van der Waals surface area contributed by atoms with E-state index in [2.05, 4.69) is 5.32 Å². The normalized spacial score (nSPS) is 13.8. The largest absolute Gasteiger partial charge is 0.494 e. The monoisotopic (exact) mass is 177 g/mol. The van der Waals surface area contributed by atoms with Gasteiger partial charge in [0.05, 0.1) is 6.61 Å². The third-order valence-electron chi connectivity index (χ3n) is 2.07. The zero-order valence-corrected chi connectivity index (χ0v) is 7.46. The van der Waals surface area contributed by atoms with Crippen molar-refractivity contribution in [1.29, 1.82) is 0 Å². The van der Waals surface area contributed by atoms with E-state index in [1.165, 1.54) is 0 Å². The smallest absolute Gasteiger partial charge is 0.251 e. The van der Waals surface area contributed by atoms with Gasteiger partial charge in [0, 0.05) is 12.1 Å². The molecule has 0 saturated heterocycles. The molecule has 0 atom stereocenters. The van der Waals surface area contributed by atoms with Gasteiger partial charge < -0.3 is 10.1 Å². The topological polar surface area (TPSA) is 38.3 Å². The fourth-order valence-electron chi connectivity index (χ4n) is 1.47. The van der Waals surface area contributed by atoms with Crippen molar-refractivity contribution in [2.45, 2.75) is 13.5 Å². The van der Waals surface area contributed by atoms with E-state index >= 15 is 0 Å². The predicted molar refractivity (Wildman–Crippen MR) is 48.8 cm³/mol. The van der Waals surface area contributed by atoms with E-state index in [0.29, 0.717) is 13.2 Å². The number of ether oxygens (including phenoxy) is 1. The van der Waals surface area contributed by atoms with Gasteiger partial charge in [0.1, 0.15) is 5.75 Å². The van der Waals surface area contributed by atoms with Crippen LogP contribution >= 0.6 is 0 Å². The summed E-state index contributed by atoms with van der Waals surface area (Å²) in [6.07, 6.45) is 0. The van der Waals surface area contributed by atoms with Crippen molar-refractivity contribution < 1.29 is 9.53 Å². The molecule has 1 amide bonds. The molecule has 1 aliphatic rings. The van der Waals surface area contributed by atoms with Crippen LogP contribution in [0.25, 0.3) is 0 Å². The Bertz CT molecular complexity index is 347. The number of carbonyl (C=O) groups excluding carboxylic acids is 1. The fraction of sp³-hybridized carbons (Fsp3) is 0.300. The summed E-state index contributed by atoms with van der Waals surface area (Å²) in [7, 11) is 0. The lowest BCUT2D eigenvalue weighted by molar-refractivity contribution is 0.0966. The molecule has 3 nitrogen and oxygen atoms in total. The van der Waals surface area contributed by atoms with Gasteiger partial charge in [-0.1, -0.05) is 0 Å². The van der Waals surface area contributed by atoms with Crippen molar-refractivity contribution >= 4 is 5.91 Å². The lowest BCUT2D eigenvalue weighted by atomic mass is 10.1. The summed E-state index contributed by atoms with van der Waals surface area (Å²) in [6, 6.07) is 5.55. The second-order valence-corrected chi connectivity index (χ2v) is 2.93. The first-order chi connectivity index (χ1) is 6.31. The molecule has 1 aromatic rings. The number of carbonyl (C=O) groups is 1. The number of benzene rings is 1. The first kappa shape index (κ1) is 8.10. The SMILES string of the molecule is CCOc1ccc2c(c1)CNC2=O. The van der Waals surface area contributed by atoms with E-state index in [-0.39, 0.29) is 5.91 Å². The highest BCUT2D eigenvalue weighted by atomic mass is 16.5. The third-order valence-corrected chi connectivity index (χ3v) is 2.07. The third kappa shape index (κ3) is 1.37. The summed E-state index contributed by atoms with van der Waals surface area (Å²) in [5, 5.41) is 2.76. The number of nitrogens with one attached hydrogen (secondary N) is 1. The summed E-state index contributed by atoms with van der Waals surface area (Å²) in [4.78, 5) is 11.2. The van der Waals surface area contributed by atoms with Crippen LogP contribution in [0.3, 0.4) is 0 Å². The molecule has 0 spiro atoms. The zero-order valence-electron chi connectivity index (χ0n) is 7.46. The fourth-order valence-corrected chi connectivity index (χ4v) is 1.47. The maximum absolute atomic E-state index is 11.2. The van der Waals surface area contributed by atoms with Gasteiger partial charge in [0.2, 0.25) is 0 Å². The summed E-state index contributed by atoms with van der Waals surface area (Å²) in [5.41, 5.74) is 1.79. The van der Waals surface area contributed by atoms with Crippen molar-refractivity contribution in [3.05, 3.63) is 29.3 Å². The molecule has 0 saturated carbocycles. The van der Waals surface area contributed by atoms with Crippen molar-refractivity contribution in [3.8, 4) is 5.75 Å². The van der Waals surface area contributed by atoms with Gasteiger partial charge in [-0.25, -0.2) is 0 Å². The summed E-state index contributed by atoms with van der Waals surface area (Å²) in [5.74, 6) is 0.843. The predicted octanol–water partition coefficient (Wildman–Crippen LogP) is 1.33. The summed E-state index contributed by atoms with van der Waals surface area (Å²) in [6.45, 7) is 3.21. The number of amides is 1. The second-order valence-electron chi connectivity index (χ2n) is 2.93. The van der Waals surface area contributed by atoms with Crippen molar-refractivity contribution in [2.24, 2.45) is 0 Å². The van der Waals surface area contributed by atoms with Crippen molar-refractivity contribution in [3.63, 3.8) is 0 Å². The van der Waals surface area contributed by atoms with E-state index in [1.54, 1.807) is 0 Å². The standard InChI is InChI=1S/C10H11NO2/c1-2-13-8-3-4-9-7(5-8)6-11-10(9)12/h3-5H,2,6H2,1H3,(H,11,12). The van der Waals surface area contributed by atoms with Crippen molar-refractivity contribution in [2.75, 3.05) is 6.61 Å². The van der Waals surface area contributed by atoms with Gasteiger partial charge in [0.15, 0.2) is 0 Å². The second kappa shape index (κ2) is 3.09. The Hall–Kier alpha value is -1.51. The molecule has 2 rings (SSSR count). The molecule has 3 heteroatoms. The van der Waals surface area contributed by atoms with Gasteiger partial charge in [-0.2, -0.15) is 0 Å². The Kier molecular flexibility index (Phi) is 1.93. The van der Waals surface area contributed by atoms with Gasteiger partial charge in [-0.05, 0) is 30.7 Å². The number of hydrogen-bond donors (Lipinski definition) is 1. The average Bonchev–Trinajstić information content (AvgIpc) is 2.48. The highest BCUT2D eigenvalue weighted by Gasteiger charge is 2.18. The quantitative estimate of drug-likeness (QED) is 0.740. The minimum absolute atomic E-state index is 0.0121. The molecule has 0 aliphatic carbocycles. The lowest BCUT2D eigenvalue weighted by Crippen LogP contribution is -2.12. The molecule has 68 valence electrons. The van der Waals surface area contributed by atoms with Crippen LogP contribution in [0.15, 0.2) is 18.2 Å². The summed E-state index contributed by atoms with van der Waals surface area (Å²) >= 11 is 0. The molecule has 13 heavy (non-hydrogen) atoms. The van der Waals surface area contributed by atoms with E-state index in [1.807, 2.05) is 25.1 Å². The van der Waals surface area contributed by atoms with Crippen LogP contribution in [0, 0.1) is 0 Å². The minimum atomic E-state index is 0.0121. The van der Waals surface area contributed by atoms with Gasteiger partial charge in [-0.15, -0.1) is 0 Å². The lowest BCUT2D eigenvalue weighted by Gasteiger charge is -2.03. The molecule has 0 bridgehead atoms. The molecule has 1 aliphatic heterocycles. The van der Waals surface area contributed by atoms with E-state index in [0.717, 1.165) is 16.9 Å². The van der Waals surface area contributed by atoms with Crippen LogP contribution in [-0.2, 0) is 6.54 Å². The molecular formula is C10H11NO2. The Morgan fingerprint density at radius 3 is 3.15 bits per heavy atom. The van der Waals surface area contributed by atoms with Crippen LogP contribution in [0.1, 0.15) is 22.8 Å². The number of hydrogen-bond acceptors (Lipinski definition) is 2. The van der Waals surface area contributed by atoms with Gasteiger partial charge >= 0.3 is 0 Å². The van der Waals surface area contributed by atoms with Crippen LogP contribution in [0.2, 0.25) is 0 Å². The highest BCUT2D eigenvalue weighted by Crippen LogP contribution is 2.21. The maximum atomic E-state index is 11.2.